The number of amides is 1. The maximum atomic E-state index is 12.4. The minimum absolute atomic E-state index is 0.114. The Morgan fingerprint density at radius 3 is 2.50 bits per heavy atom. The second-order valence-corrected chi connectivity index (χ2v) is 6.62. The molecule has 0 aliphatic carbocycles. The lowest BCUT2D eigenvalue weighted by molar-refractivity contribution is 0.102. The molecular weight excluding hydrogens is 373 g/mol. The van der Waals surface area contributed by atoms with Gasteiger partial charge in [0, 0.05) is 11.1 Å². The molecule has 1 N–H and O–H groups in total. The summed E-state index contributed by atoms with van der Waals surface area (Å²) in [6.45, 7) is 2.27. The van der Waals surface area contributed by atoms with Gasteiger partial charge in [-0.1, -0.05) is 53.0 Å². The van der Waals surface area contributed by atoms with Crippen LogP contribution >= 0.6 is 23.2 Å². The summed E-state index contributed by atoms with van der Waals surface area (Å²) < 4.78 is 1.25. The second-order valence-electron chi connectivity index (χ2n) is 5.78. The van der Waals surface area contributed by atoms with Gasteiger partial charge in [-0.05, 0) is 36.8 Å². The molecule has 3 rings (SSSR count). The zero-order chi connectivity index (χ0) is 18.7. The standard InChI is InChI=1S/C19H15Cl2N3O2/c1-12-2-4-13(5-3-12)11-24-18(25)9-8-17(23-24)19(26)22-16-7-6-14(20)10-15(16)21/h2-10H,11H2,1H3,(H,22,26). The predicted octanol–water partition coefficient (Wildman–Crippen LogP) is 4.16. The van der Waals surface area contributed by atoms with Crippen molar-refractivity contribution in [3.05, 3.63) is 91.8 Å². The molecule has 7 heteroatoms. The number of halogens is 2. The van der Waals surface area contributed by atoms with Gasteiger partial charge in [-0.3, -0.25) is 9.59 Å². The van der Waals surface area contributed by atoms with Crippen LogP contribution in [0.4, 0.5) is 5.69 Å². The van der Waals surface area contributed by atoms with E-state index in [2.05, 4.69) is 10.4 Å². The fourth-order valence-corrected chi connectivity index (χ4v) is 2.78. The number of nitrogens with one attached hydrogen (secondary N) is 1. The summed E-state index contributed by atoms with van der Waals surface area (Å²) in [6, 6.07) is 15.2. The molecule has 0 bridgehead atoms. The summed E-state index contributed by atoms with van der Waals surface area (Å²) >= 11 is 11.9. The lowest BCUT2D eigenvalue weighted by Gasteiger charge is -2.09. The number of carbonyl (C=O) groups is 1. The van der Waals surface area contributed by atoms with Crippen LogP contribution in [0.5, 0.6) is 0 Å². The third kappa shape index (κ3) is 4.31. The molecule has 26 heavy (non-hydrogen) atoms. The molecule has 1 aromatic heterocycles. The Kier molecular flexibility index (Phi) is 5.40. The van der Waals surface area contributed by atoms with Gasteiger partial charge in [0.25, 0.3) is 11.5 Å². The number of aryl methyl sites for hydroxylation is 1. The summed E-state index contributed by atoms with van der Waals surface area (Å²) in [7, 11) is 0. The molecule has 0 unspecified atom stereocenters. The molecule has 1 amide bonds. The SMILES string of the molecule is Cc1ccc(Cn2nc(C(=O)Nc3ccc(Cl)cc3Cl)ccc2=O)cc1. The number of aromatic nitrogens is 2. The van der Waals surface area contributed by atoms with E-state index in [1.807, 2.05) is 31.2 Å². The topological polar surface area (TPSA) is 64.0 Å². The average molecular weight is 388 g/mol. The largest absolute Gasteiger partial charge is 0.319 e. The van der Waals surface area contributed by atoms with Crippen molar-refractivity contribution in [3.63, 3.8) is 0 Å². The Hall–Kier alpha value is -2.63. The van der Waals surface area contributed by atoms with Crippen molar-refractivity contribution in [1.29, 1.82) is 0 Å². The minimum Gasteiger partial charge on any atom is -0.319 e. The zero-order valence-electron chi connectivity index (χ0n) is 13.9. The van der Waals surface area contributed by atoms with E-state index < -0.39 is 5.91 Å². The number of hydrogen-bond acceptors (Lipinski definition) is 3. The van der Waals surface area contributed by atoms with Gasteiger partial charge in [0.2, 0.25) is 0 Å². The van der Waals surface area contributed by atoms with Crippen molar-refractivity contribution in [1.82, 2.24) is 9.78 Å². The zero-order valence-corrected chi connectivity index (χ0v) is 15.4. The highest BCUT2D eigenvalue weighted by atomic mass is 35.5. The van der Waals surface area contributed by atoms with Crippen LogP contribution in [0.2, 0.25) is 10.0 Å². The number of benzene rings is 2. The molecule has 132 valence electrons. The molecule has 0 saturated heterocycles. The van der Waals surface area contributed by atoms with Crippen molar-refractivity contribution in [2.75, 3.05) is 5.32 Å². The van der Waals surface area contributed by atoms with Gasteiger partial charge >= 0.3 is 0 Å². The first kappa shape index (κ1) is 18.2. The van der Waals surface area contributed by atoms with Gasteiger partial charge < -0.3 is 5.32 Å². The van der Waals surface area contributed by atoms with E-state index in [-0.39, 0.29) is 17.8 Å². The molecule has 0 atom stereocenters. The van der Waals surface area contributed by atoms with Gasteiger partial charge in [-0.25, -0.2) is 4.68 Å². The minimum atomic E-state index is -0.466. The van der Waals surface area contributed by atoms with E-state index in [0.29, 0.717) is 15.7 Å². The molecule has 1 heterocycles. The summed E-state index contributed by atoms with van der Waals surface area (Å²) in [5, 5.41) is 7.61. The van der Waals surface area contributed by atoms with Crippen molar-refractivity contribution >= 4 is 34.8 Å². The van der Waals surface area contributed by atoms with Gasteiger partial charge in [0.1, 0.15) is 5.69 Å². The summed E-state index contributed by atoms with van der Waals surface area (Å²) in [5.74, 6) is -0.466. The lowest BCUT2D eigenvalue weighted by Crippen LogP contribution is -2.26. The quantitative estimate of drug-likeness (QED) is 0.730. The molecule has 0 aliphatic rings. The summed E-state index contributed by atoms with van der Waals surface area (Å²) in [6.07, 6.45) is 0. The molecule has 2 aromatic carbocycles. The highest BCUT2D eigenvalue weighted by Gasteiger charge is 2.12. The molecule has 0 radical (unpaired) electrons. The van der Waals surface area contributed by atoms with Crippen LogP contribution < -0.4 is 10.9 Å². The van der Waals surface area contributed by atoms with Crippen LogP contribution in [0.3, 0.4) is 0 Å². The first-order valence-electron chi connectivity index (χ1n) is 7.82. The highest BCUT2D eigenvalue weighted by molar-refractivity contribution is 6.36. The van der Waals surface area contributed by atoms with Crippen LogP contribution in [0, 0.1) is 6.92 Å². The normalized spacial score (nSPS) is 10.6. The van der Waals surface area contributed by atoms with Crippen LogP contribution in [0.1, 0.15) is 21.6 Å². The van der Waals surface area contributed by atoms with E-state index in [9.17, 15) is 9.59 Å². The summed E-state index contributed by atoms with van der Waals surface area (Å²) in [5.41, 5.74) is 2.29. The Morgan fingerprint density at radius 2 is 1.81 bits per heavy atom. The van der Waals surface area contributed by atoms with E-state index in [0.717, 1.165) is 11.1 Å². The first-order valence-corrected chi connectivity index (χ1v) is 8.58. The molecule has 5 nitrogen and oxygen atoms in total. The van der Waals surface area contributed by atoms with Gasteiger partial charge in [0.15, 0.2) is 0 Å². The molecule has 0 fully saturated rings. The first-order chi connectivity index (χ1) is 12.4. The fourth-order valence-electron chi connectivity index (χ4n) is 2.33. The average Bonchev–Trinajstić information content (AvgIpc) is 2.61. The smallest absolute Gasteiger partial charge is 0.276 e. The van der Waals surface area contributed by atoms with Gasteiger partial charge in [0.05, 0.1) is 17.3 Å². The van der Waals surface area contributed by atoms with Crippen molar-refractivity contribution < 1.29 is 4.79 Å². The third-order valence-corrected chi connectivity index (χ3v) is 4.28. The second kappa shape index (κ2) is 7.72. The van der Waals surface area contributed by atoms with Crippen LogP contribution in [-0.4, -0.2) is 15.7 Å². The molecule has 0 spiro atoms. The Morgan fingerprint density at radius 1 is 1.08 bits per heavy atom. The van der Waals surface area contributed by atoms with Crippen LogP contribution in [0.25, 0.3) is 0 Å². The summed E-state index contributed by atoms with van der Waals surface area (Å²) in [4.78, 5) is 24.5. The van der Waals surface area contributed by atoms with Crippen LogP contribution in [0.15, 0.2) is 59.4 Å². The van der Waals surface area contributed by atoms with Crippen molar-refractivity contribution in [2.45, 2.75) is 13.5 Å². The Labute approximate surface area is 160 Å². The van der Waals surface area contributed by atoms with E-state index in [1.165, 1.54) is 22.9 Å². The Bertz CT molecular complexity index is 1010. The van der Waals surface area contributed by atoms with Gasteiger partial charge in [-0.15, -0.1) is 0 Å². The third-order valence-electron chi connectivity index (χ3n) is 3.73. The maximum absolute atomic E-state index is 12.4. The van der Waals surface area contributed by atoms with Crippen molar-refractivity contribution in [2.24, 2.45) is 0 Å². The molecule has 3 aromatic rings. The van der Waals surface area contributed by atoms with E-state index in [1.54, 1.807) is 12.1 Å². The highest BCUT2D eigenvalue weighted by Crippen LogP contribution is 2.25. The van der Waals surface area contributed by atoms with Gasteiger partial charge in [-0.2, -0.15) is 5.10 Å². The molecule has 0 aliphatic heterocycles. The van der Waals surface area contributed by atoms with Crippen molar-refractivity contribution in [3.8, 4) is 0 Å². The molecular formula is C19H15Cl2N3O2. The maximum Gasteiger partial charge on any atom is 0.276 e. The fraction of sp³-hybridized carbons (Fsp3) is 0.105. The monoisotopic (exact) mass is 387 g/mol. The predicted molar refractivity (Wildman–Crippen MR) is 103 cm³/mol. The Balaban J connectivity index is 1.83. The van der Waals surface area contributed by atoms with E-state index in [4.69, 9.17) is 23.2 Å². The number of anilines is 1. The number of carbonyl (C=O) groups excluding carboxylic acids is 1. The number of nitrogens with zero attached hydrogens (tertiary/aromatic N) is 2. The number of hydrogen-bond donors (Lipinski definition) is 1. The molecule has 0 saturated carbocycles. The van der Waals surface area contributed by atoms with Crippen LogP contribution in [-0.2, 0) is 6.54 Å². The lowest BCUT2D eigenvalue weighted by atomic mass is 10.1. The number of rotatable bonds is 4. The van der Waals surface area contributed by atoms with E-state index >= 15 is 0 Å².